The van der Waals surface area contributed by atoms with Crippen LogP contribution in [0.1, 0.15) is 27.2 Å². The van der Waals surface area contributed by atoms with Gasteiger partial charge in [-0.1, -0.05) is 11.6 Å². The SMILES string of the molecule is Cc1cc(NC(=O)c2cc(C(F)(F)F)cc(C(F)(F)F)c2)n(-c2ncnc3c2cnn3-c2ccc(Cl)cc2)n1. The number of fused-ring (bicyclic) bond motifs is 1. The summed E-state index contributed by atoms with van der Waals surface area (Å²) in [6.07, 6.45) is -7.54. The minimum Gasteiger partial charge on any atom is -0.306 e. The zero-order valence-corrected chi connectivity index (χ0v) is 20.3. The van der Waals surface area contributed by atoms with E-state index >= 15 is 0 Å². The highest BCUT2D eigenvalue weighted by atomic mass is 35.5. The number of benzene rings is 2. The third-order valence-corrected chi connectivity index (χ3v) is 5.79. The largest absolute Gasteiger partial charge is 0.416 e. The van der Waals surface area contributed by atoms with E-state index in [0.29, 0.717) is 39.6 Å². The lowest BCUT2D eigenvalue weighted by Gasteiger charge is -2.14. The van der Waals surface area contributed by atoms with Gasteiger partial charge in [-0.05, 0) is 49.4 Å². The van der Waals surface area contributed by atoms with E-state index in [0.717, 1.165) is 0 Å². The van der Waals surface area contributed by atoms with Gasteiger partial charge in [-0.2, -0.15) is 41.2 Å². The number of carbonyl (C=O) groups is 1. The fraction of sp³-hybridized carbons (Fsp3) is 0.125. The van der Waals surface area contributed by atoms with Gasteiger partial charge >= 0.3 is 12.4 Å². The molecule has 1 N–H and O–H groups in total. The van der Waals surface area contributed by atoms with Crippen molar-refractivity contribution in [3.63, 3.8) is 0 Å². The zero-order chi connectivity index (χ0) is 28.1. The molecule has 0 saturated heterocycles. The summed E-state index contributed by atoms with van der Waals surface area (Å²) in [6.45, 7) is 1.58. The third-order valence-electron chi connectivity index (χ3n) is 5.54. The number of anilines is 1. The third kappa shape index (κ3) is 5.14. The maximum Gasteiger partial charge on any atom is 0.416 e. The Hall–Kier alpha value is -4.46. The van der Waals surface area contributed by atoms with Gasteiger partial charge in [0.25, 0.3) is 5.91 Å². The minimum atomic E-state index is -5.11. The average Bonchev–Trinajstić information content (AvgIpc) is 3.46. The Labute approximate surface area is 219 Å². The summed E-state index contributed by atoms with van der Waals surface area (Å²) in [5, 5.41) is 11.8. The molecule has 0 bridgehead atoms. The van der Waals surface area contributed by atoms with E-state index in [1.807, 2.05) is 0 Å². The number of alkyl halides is 6. The van der Waals surface area contributed by atoms with Crippen LogP contribution < -0.4 is 5.32 Å². The van der Waals surface area contributed by atoms with Gasteiger partial charge in [-0.15, -0.1) is 0 Å². The molecular weight excluding hydrogens is 552 g/mol. The number of carbonyl (C=O) groups excluding carboxylic acids is 1. The number of rotatable bonds is 4. The van der Waals surface area contributed by atoms with Gasteiger partial charge in [-0.25, -0.2) is 14.6 Å². The molecule has 8 nitrogen and oxygen atoms in total. The molecule has 0 unspecified atom stereocenters. The quantitative estimate of drug-likeness (QED) is 0.260. The Bertz CT molecular complexity index is 1680. The van der Waals surface area contributed by atoms with Crippen molar-refractivity contribution < 1.29 is 31.1 Å². The lowest BCUT2D eigenvalue weighted by molar-refractivity contribution is -0.143. The molecule has 3 aromatic heterocycles. The molecule has 2 aromatic carbocycles. The highest BCUT2D eigenvalue weighted by Crippen LogP contribution is 2.36. The molecule has 0 saturated carbocycles. The molecule has 1 amide bonds. The number of nitrogens with zero attached hydrogens (tertiary/aromatic N) is 6. The first-order valence-electron chi connectivity index (χ1n) is 10.9. The van der Waals surface area contributed by atoms with Crippen molar-refractivity contribution in [2.45, 2.75) is 19.3 Å². The lowest BCUT2D eigenvalue weighted by atomic mass is 10.0. The van der Waals surface area contributed by atoms with Crippen LogP contribution in [0.15, 0.2) is 61.1 Å². The number of aryl methyl sites for hydroxylation is 1. The van der Waals surface area contributed by atoms with E-state index in [2.05, 4.69) is 25.5 Å². The molecule has 0 aliphatic heterocycles. The van der Waals surface area contributed by atoms with E-state index in [-0.39, 0.29) is 17.7 Å². The van der Waals surface area contributed by atoms with E-state index in [1.165, 1.54) is 28.0 Å². The molecule has 0 atom stereocenters. The van der Waals surface area contributed by atoms with Gasteiger partial charge in [0, 0.05) is 16.7 Å². The second kappa shape index (κ2) is 9.38. The van der Waals surface area contributed by atoms with E-state index in [1.54, 1.807) is 31.2 Å². The smallest absolute Gasteiger partial charge is 0.306 e. The summed E-state index contributed by atoms with van der Waals surface area (Å²) in [7, 11) is 0. The van der Waals surface area contributed by atoms with Crippen LogP contribution in [0.2, 0.25) is 5.02 Å². The molecule has 5 rings (SSSR count). The Morgan fingerprint density at radius 1 is 0.897 bits per heavy atom. The monoisotopic (exact) mass is 565 g/mol. The summed E-state index contributed by atoms with van der Waals surface area (Å²) in [6, 6.07) is 8.77. The van der Waals surface area contributed by atoms with Crippen molar-refractivity contribution in [3.8, 4) is 11.5 Å². The van der Waals surface area contributed by atoms with E-state index in [4.69, 9.17) is 11.6 Å². The van der Waals surface area contributed by atoms with Crippen LogP contribution in [0.4, 0.5) is 32.2 Å². The van der Waals surface area contributed by atoms with Crippen LogP contribution >= 0.6 is 11.6 Å². The van der Waals surface area contributed by atoms with E-state index < -0.39 is 35.0 Å². The van der Waals surface area contributed by atoms with Crippen LogP contribution in [0.3, 0.4) is 0 Å². The summed E-state index contributed by atoms with van der Waals surface area (Å²) >= 11 is 5.95. The molecule has 0 fully saturated rings. The van der Waals surface area contributed by atoms with Gasteiger partial charge < -0.3 is 5.32 Å². The molecule has 15 heteroatoms. The molecule has 0 radical (unpaired) electrons. The fourth-order valence-electron chi connectivity index (χ4n) is 3.80. The average molecular weight is 566 g/mol. The maximum absolute atomic E-state index is 13.3. The van der Waals surface area contributed by atoms with Crippen LogP contribution in [0.25, 0.3) is 22.5 Å². The predicted octanol–water partition coefficient (Wildman–Crippen LogP) is 6.25. The molecule has 5 aromatic rings. The maximum atomic E-state index is 13.3. The molecule has 0 aliphatic carbocycles. The molecule has 0 spiro atoms. The van der Waals surface area contributed by atoms with Crippen LogP contribution in [0, 0.1) is 6.92 Å². The first-order valence-corrected chi connectivity index (χ1v) is 11.3. The first-order chi connectivity index (χ1) is 18.3. The number of amides is 1. The Balaban J connectivity index is 1.55. The van der Waals surface area contributed by atoms with Gasteiger partial charge in [0.15, 0.2) is 11.5 Å². The van der Waals surface area contributed by atoms with Gasteiger partial charge in [0.1, 0.15) is 12.1 Å². The Morgan fingerprint density at radius 2 is 1.54 bits per heavy atom. The second-order valence-corrected chi connectivity index (χ2v) is 8.74. The highest BCUT2D eigenvalue weighted by Gasteiger charge is 2.37. The molecule has 3 heterocycles. The Morgan fingerprint density at radius 3 is 2.15 bits per heavy atom. The molecule has 200 valence electrons. The molecule has 39 heavy (non-hydrogen) atoms. The van der Waals surface area contributed by atoms with Crippen molar-refractivity contribution >= 4 is 34.4 Å². The molecule has 0 aliphatic rings. The number of hydrogen-bond acceptors (Lipinski definition) is 5. The van der Waals surface area contributed by atoms with Gasteiger partial charge in [0.05, 0.1) is 34.1 Å². The topological polar surface area (TPSA) is 90.5 Å². The number of hydrogen-bond donors (Lipinski definition) is 1. The fourth-order valence-corrected chi connectivity index (χ4v) is 3.92. The first kappa shape index (κ1) is 26.2. The van der Waals surface area contributed by atoms with Gasteiger partial charge in [0.2, 0.25) is 0 Å². The lowest BCUT2D eigenvalue weighted by Crippen LogP contribution is -2.19. The van der Waals surface area contributed by atoms with Gasteiger partial charge in [-0.3, -0.25) is 4.79 Å². The number of halogens is 7. The predicted molar refractivity (Wildman–Crippen MR) is 128 cm³/mol. The van der Waals surface area contributed by atoms with Crippen LogP contribution in [-0.2, 0) is 12.4 Å². The van der Waals surface area contributed by atoms with Crippen LogP contribution in [-0.4, -0.2) is 35.4 Å². The molecular formula is C24H14ClF6N7O. The van der Waals surface area contributed by atoms with Crippen molar-refractivity contribution in [3.05, 3.63) is 88.5 Å². The van der Waals surface area contributed by atoms with Crippen molar-refractivity contribution in [1.29, 1.82) is 0 Å². The van der Waals surface area contributed by atoms with Crippen molar-refractivity contribution in [1.82, 2.24) is 29.5 Å². The summed E-state index contributed by atoms with van der Waals surface area (Å²) in [5.41, 5.74) is -2.69. The number of nitrogens with one attached hydrogen (secondary N) is 1. The van der Waals surface area contributed by atoms with Crippen molar-refractivity contribution in [2.24, 2.45) is 0 Å². The standard InChI is InChI=1S/C24H14ClF6N7O/c1-12-6-19(35-22(39)13-7-14(23(26,27)28)9-15(8-13)24(29,30)31)38(36-12)21-18-10-34-37(20(18)32-11-33-21)17-4-2-16(25)3-5-17/h2-11H,1H3,(H,35,39). The number of aromatic nitrogens is 6. The summed E-state index contributed by atoms with van der Waals surface area (Å²) < 4.78 is 82.3. The normalized spacial score (nSPS) is 12.2. The Kier molecular flexibility index (Phi) is 6.29. The second-order valence-electron chi connectivity index (χ2n) is 8.30. The minimum absolute atomic E-state index is 0.0530. The van der Waals surface area contributed by atoms with Crippen LogP contribution in [0.5, 0.6) is 0 Å². The highest BCUT2D eigenvalue weighted by molar-refractivity contribution is 6.30. The summed E-state index contributed by atoms with van der Waals surface area (Å²) in [4.78, 5) is 21.4. The zero-order valence-electron chi connectivity index (χ0n) is 19.5. The van der Waals surface area contributed by atoms with Crippen molar-refractivity contribution in [2.75, 3.05) is 5.32 Å². The summed E-state index contributed by atoms with van der Waals surface area (Å²) in [5.74, 6) is -1.11. The van der Waals surface area contributed by atoms with E-state index in [9.17, 15) is 31.1 Å².